The van der Waals surface area contributed by atoms with Crippen LogP contribution in [0.3, 0.4) is 0 Å². The van der Waals surface area contributed by atoms with Gasteiger partial charge in [0.1, 0.15) is 0 Å². The molecule has 0 aliphatic rings. The van der Waals surface area contributed by atoms with Crippen molar-refractivity contribution >= 4 is 32.8 Å². The lowest BCUT2D eigenvalue weighted by molar-refractivity contribution is 0.422. The first-order chi connectivity index (χ1) is 4.66. The first-order valence-corrected chi connectivity index (χ1v) is 3.71. The minimum atomic E-state index is 0.643. The number of aliphatic imine (C=N–C) groups is 1. The van der Waals surface area contributed by atoms with Gasteiger partial charge in [-0.2, -0.15) is 10.1 Å². The van der Waals surface area contributed by atoms with Crippen molar-refractivity contribution in [3.8, 4) is 0 Å². The van der Waals surface area contributed by atoms with Gasteiger partial charge in [0.25, 0.3) is 0 Å². The van der Waals surface area contributed by atoms with E-state index < -0.39 is 0 Å². The highest BCUT2D eigenvalue weighted by Gasteiger charge is 1.86. The zero-order valence-electron chi connectivity index (χ0n) is 6.21. The van der Waals surface area contributed by atoms with Crippen molar-refractivity contribution in [1.29, 1.82) is 0 Å². The van der Waals surface area contributed by atoms with Crippen LogP contribution in [0.5, 0.6) is 0 Å². The van der Waals surface area contributed by atoms with E-state index in [0.717, 1.165) is 0 Å². The number of ether oxygens (including phenoxy) is 1. The Labute approximate surface area is 74.1 Å². The van der Waals surface area contributed by atoms with Gasteiger partial charge in [0.15, 0.2) is 6.40 Å². The molecular weight excluding hydrogens is 245 g/mol. The number of hydrogen-bond acceptors (Lipinski definition) is 3. The van der Waals surface area contributed by atoms with Gasteiger partial charge in [-0.25, -0.2) is 0 Å². The molecule has 0 aromatic heterocycles. The third-order valence-corrected chi connectivity index (χ3v) is 1.04. The molecular formula is C5H10IN3O. The van der Waals surface area contributed by atoms with E-state index in [1.807, 2.05) is 36.7 Å². The molecule has 0 spiro atoms. The molecule has 0 amide bonds. The number of rotatable bonds is 2. The third kappa shape index (κ3) is 5.80. The highest BCUT2D eigenvalue weighted by molar-refractivity contribution is 14.1. The SMILES string of the molecule is COC=N/C(I)=N\N(C)C. The zero-order chi connectivity index (χ0) is 7.98. The van der Waals surface area contributed by atoms with Crippen LogP contribution in [0.4, 0.5) is 0 Å². The van der Waals surface area contributed by atoms with Gasteiger partial charge in [-0.05, 0) is 0 Å². The van der Waals surface area contributed by atoms with Crippen LogP contribution in [0.25, 0.3) is 0 Å². The van der Waals surface area contributed by atoms with E-state index in [4.69, 9.17) is 0 Å². The van der Waals surface area contributed by atoms with Gasteiger partial charge < -0.3 is 9.75 Å². The summed E-state index contributed by atoms with van der Waals surface area (Å²) in [6.45, 7) is 0. The molecule has 4 nitrogen and oxygen atoms in total. The van der Waals surface area contributed by atoms with Gasteiger partial charge in [0.05, 0.1) is 7.11 Å². The van der Waals surface area contributed by atoms with E-state index in [1.165, 1.54) is 6.40 Å². The Balaban J connectivity index is 3.82. The number of hydrogen-bond donors (Lipinski definition) is 0. The lowest BCUT2D eigenvalue weighted by Crippen LogP contribution is -2.03. The molecule has 0 N–H and O–H groups in total. The van der Waals surface area contributed by atoms with E-state index >= 15 is 0 Å². The summed E-state index contributed by atoms with van der Waals surface area (Å²) >= 11 is 2.01. The van der Waals surface area contributed by atoms with E-state index in [9.17, 15) is 0 Å². The molecule has 0 fully saturated rings. The van der Waals surface area contributed by atoms with Crippen LogP contribution in [-0.2, 0) is 4.74 Å². The maximum Gasteiger partial charge on any atom is 0.212 e. The quantitative estimate of drug-likeness (QED) is 0.242. The first-order valence-electron chi connectivity index (χ1n) is 2.63. The molecule has 0 radical (unpaired) electrons. The van der Waals surface area contributed by atoms with Crippen molar-refractivity contribution in [3.05, 3.63) is 0 Å². The van der Waals surface area contributed by atoms with Crippen LogP contribution in [0.2, 0.25) is 0 Å². The zero-order valence-corrected chi connectivity index (χ0v) is 8.36. The van der Waals surface area contributed by atoms with E-state index in [-0.39, 0.29) is 0 Å². The third-order valence-electron chi connectivity index (χ3n) is 0.547. The summed E-state index contributed by atoms with van der Waals surface area (Å²) in [7, 11) is 5.21. The normalized spacial score (nSPS) is 12.2. The van der Waals surface area contributed by atoms with Gasteiger partial charge >= 0.3 is 0 Å². The van der Waals surface area contributed by atoms with Crippen LogP contribution in [0, 0.1) is 0 Å². The Kier molecular flexibility index (Phi) is 5.27. The predicted octanol–water partition coefficient (Wildman–Crippen LogP) is 0.929. The summed E-state index contributed by atoms with van der Waals surface area (Å²) in [5.41, 5.74) is 0. The molecule has 0 unspecified atom stereocenters. The molecule has 0 heterocycles. The van der Waals surface area contributed by atoms with Crippen molar-refractivity contribution in [3.63, 3.8) is 0 Å². The van der Waals surface area contributed by atoms with Crippen LogP contribution < -0.4 is 0 Å². The number of nitrogens with zero attached hydrogens (tertiary/aromatic N) is 3. The largest absolute Gasteiger partial charge is 0.486 e. The number of methoxy groups -OCH3 is 1. The predicted molar refractivity (Wildman–Crippen MR) is 50.6 cm³/mol. The number of amidine groups is 1. The highest BCUT2D eigenvalue weighted by atomic mass is 127. The Morgan fingerprint density at radius 2 is 2.20 bits per heavy atom. The summed E-state index contributed by atoms with van der Waals surface area (Å²) < 4.78 is 5.24. The van der Waals surface area contributed by atoms with E-state index in [0.29, 0.717) is 3.84 Å². The minimum Gasteiger partial charge on any atom is -0.486 e. The molecule has 0 aliphatic heterocycles. The molecule has 0 aromatic rings. The lowest BCUT2D eigenvalue weighted by Gasteiger charge is -2.01. The van der Waals surface area contributed by atoms with Crippen molar-refractivity contribution in [2.45, 2.75) is 0 Å². The van der Waals surface area contributed by atoms with E-state index in [2.05, 4.69) is 14.8 Å². The average Bonchev–Trinajstić information content (AvgIpc) is 1.82. The minimum absolute atomic E-state index is 0.643. The van der Waals surface area contributed by atoms with E-state index in [1.54, 1.807) is 12.1 Å². The summed E-state index contributed by atoms with van der Waals surface area (Å²) in [5, 5.41) is 5.65. The second kappa shape index (κ2) is 5.45. The average molecular weight is 255 g/mol. The van der Waals surface area contributed by atoms with Gasteiger partial charge in [-0.1, -0.05) is 0 Å². The summed E-state index contributed by atoms with van der Waals surface area (Å²) in [6, 6.07) is 0. The lowest BCUT2D eigenvalue weighted by atomic mass is 11.1. The van der Waals surface area contributed by atoms with Crippen molar-refractivity contribution < 1.29 is 4.74 Å². The molecule has 10 heavy (non-hydrogen) atoms. The van der Waals surface area contributed by atoms with Crippen LogP contribution in [0.1, 0.15) is 0 Å². The fourth-order valence-electron chi connectivity index (χ4n) is 0.287. The molecule has 0 saturated carbocycles. The summed E-state index contributed by atoms with van der Waals surface area (Å²) in [5.74, 6) is 0. The Morgan fingerprint density at radius 1 is 1.60 bits per heavy atom. The monoisotopic (exact) mass is 255 g/mol. The Bertz CT molecular complexity index is 144. The molecule has 0 bridgehead atoms. The smallest absolute Gasteiger partial charge is 0.212 e. The maximum absolute atomic E-state index is 4.60. The Hall–Kier alpha value is -0.330. The molecule has 0 aliphatic carbocycles. The Morgan fingerprint density at radius 3 is 2.60 bits per heavy atom. The number of hydrazone groups is 1. The molecule has 5 heteroatoms. The fraction of sp³-hybridized carbons (Fsp3) is 0.600. The topological polar surface area (TPSA) is 37.2 Å². The number of halogens is 1. The fourth-order valence-corrected chi connectivity index (χ4v) is 0.832. The molecule has 0 rings (SSSR count). The highest BCUT2D eigenvalue weighted by Crippen LogP contribution is 1.92. The van der Waals surface area contributed by atoms with Crippen molar-refractivity contribution in [1.82, 2.24) is 5.01 Å². The van der Waals surface area contributed by atoms with Crippen LogP contribution in [0.15, 0.2) is 10.1 Å². The van der Waals surface area contributed by atoms with Crippen molar-refractivity contribution in [2.24, 2.45) is 10.1 Å². The van der Waals surface area contributed by atoms with Gasteiger partial charge in [0, 0.05) is 36.7 Å². The second-order valence-corrected chi connectivity index (χ2v) is 2.65. The summed E-state index contributed by atoms with van der Waals surface area (Å²) in [6.07, 6.45) is 1.34. The first kappa shape index (κ1) is 9.67. The van der Waals surface area contributed by atoms with Gasteiger partial charge in [-0.15, -0.1) is 0 Å². The maximum atomic E-state index is 4.60. The summed E-state index contributed by atoms with van der Waals surface area (Å²) in [4.78, 5) is 3.83. The molecule has 0 aromatic carbocycles. The molecule has 0 saturated heterocycles. The van der Waals surface area contributed by atoms with Crippen molar-refractivity contribution in [2.75, 3.05) is 21.2 Å². The van der Waals surface area contributed by atoms with Gasteiger partial charge in [0.2, 0.25) is 3.84 Å². The standard InChI is InChI=1S/C5H10IN3O/c1-9(2)8-5(6)7-4-10-3/h4H,1-3H3/b7-4?,8-5-. The van der Waals surface area contributed by atoms with Gasteiger partial charge in [-0.3, -0.25) is 0 Å². The van der Waals surface area contributed by atoms with Crippen LogP contribution in [-0.4, -0.2) is 36.5 Å². The molecule has 58 valence electrons. The van der Waals surface area contributed by atoms with Crippen LogP contribution >= 0.6 is 22.6 Å². The molecule has 0 atom stereocenters. The second-order valence-electron chi connectivity index (χ2n) is 1.69.